The predicted molar refractivity (Wildman–Crippen MR) is 95.7 cm³/mol. The average molecular weight is 339 g/mol. The van der Waals surface area contributed by atoms with Crippen LogP contribution in [0.2, 0.25) is 0 Å². The third kappa shape index (κ3) is 2.49. The zero-order chi connectivity index (χ0) is 17.4. The van der Waals surface area contributed by atoms with Crippen molar-refractivity contribution in [2.24, 2.45) is 0 Å². The first-order valence-electron chi connectivity index (χ1n) is 8.09. The summed E-state index contributed by atoms with van der Waals surface area (Å²) in [5.74, 6) is 0. The molecule has 0 radical (unpaired) electrons. The van der Waals surface area contributed by atoms with Gasteiger partial charge in [-0.15, -0.1) is 0 Å². The van der Waals surface area contributed by atoms with Crippen molar-refractivity contribution < 1.29 is 13.2 Å². The monoisotopic (exact) mass is 339 g/mol. The summed E-state index contributed by atoms with van der Waals surface area (Å²) in [6, 6.07) is 16.6. The molecule has 0 aliphatic carbocycles. The molecule has 1 aromatic heterocycles. The van der Waals surface area contributed by atoms with Gasteiger partial charge in [0.25, 0.3) is 0 Å². The molecular weight excluding hydrogens is 323 g/mol. The van der Waals surface area contributed by atoms with E-state index in [0.717, 1.165) is 27.4 Å². The Bertz CT molecular complexity index is 1040. The number of aromatic amines is 1. The van der Waals surface area contributed by atoms with Crippen LogP contribution >= 0.6 is 0 Å². The quantitative estimate of drug-likeness (QED) is 0.443. The molecule has 1 nitrogen and oxygen atoms in total. The molecule has 0 aliphatic rings. The second-order valence-corrected chi connectivity index (χ2v) is 6.09. The summed E-state index contributed by atoms with van der Waals surface area (Å²) in [6.45, 7) is -2.28. The van der Waals surface area contributed by atoms with Crippen molar-refractivity contribution in [3.8, 4) is 11.1 Å². The zero-order valence-corrected chi connectivity index (χ0v) is 13.5. The van der Waals surface area contributed by atoms with Crippen LogP contribution in [-0.2, 0) is 20.0 Å². The lowest BCUT2D eigenvalue weighted by Gasteiger charge is -2.14. The number of fused-ring (bicyclic) bond motifs is 3. The summed E-state index contributed by atoms with van der Waals surface area (Å²) in [6.07, 6.45) is 0. The second-order valence-electron chi connectivity index (χ2n) is 6.09. The molecule has 0 amide bonds. The molecule has 4 heteroatoms. The van der Waals surface area contributed by atoms with Crippen LogP contribution in [0.5, 0.6) is 0 Å². The van der Waals surface area contributed by atoms with E-state index in [4.69, 9.17) is 0 Å². The molecule has 1 heterocycles. The first-order chi connectivity index (χ1) is 12.3. The summed E-state index contributed by atoms with van der Waals surface area (Å²) in [4.78, 5) is 3.36. The van der Waals surface area contributed by atoms with E-state index in [0.29, 0.717) is 22.3 Å². The van der Waals surface area contributed by atoms with Gasteiger partial charge in [0.2, 0.25) is 0 Å². The number of benzene rings is 3. The predicted octanol–water partition coefficient (Wildman–Crippen LogP) is 6.40. The lowest BCUT2D eigenvalue weighted by molar-refractivity contribution is 0.466. The maximum Gasteiger partial charge on any atom is 0.115 e. The van der Waals surface area contributed by atoms with E-state index in [1.807, 2.05) is 42.5 Å². The van der Waals surface area contributed by atoms with E-state index >= 15 is 0 Å². The molecule has 0 spiro atoms. The minimum absolute atomic E-state index is 0.299. The van der Waals surface area contributed by atoms with Crippen LogP contribution < -0.4 is 0 Å². The molecule has 1 N–H and O–H groups in total. The molecule has 0 saturated carbocycles. The minimum Gasteiger partial charge on any atom is -0.354 e. The normalized spacial score (nSPS) is 11.5. The number of nitrogens with one attached hydrogen (secondary N) is 1. The Hall–Kier alpha value is -2.75. The van der Waals surface area contributed by atoms with Crippen molar-refractivity contribution in [1.29, 1.82) is 0 Å². The zero-order valence-electron chi connectivity index (χ0n) is 13.5. The van der Waals surface area contributed by atoms with Gasteiger partial charge in [0.05, 0.1) is 5.52 Å². The molecule has 0 unspecified atom stereocenters. The Morgan fingerprint density at radius 3 is 2.08 bits per heavy atom. The molecule has 0 saturated heterocycles. The molecular formula is C21H16F3N. The summed E-state index contributed by atoms with van der Waals surface area (Å²) in [5, 5.41) is 2.06. The molecule has 0 bridgehead atoms. The number of hydrogen-bond acceptors (Lipinski definition) is 0. The van der Waals surface area contributed by atoms with Crippen molar-refractivity contribution in [2.75, 3.05) is 0 Å². The van der Waals surface area contributed by atoms with Crippen molar-refractivity contribution in [2.45, 2.75) is 20.0 Å². The molecule has 25 heavy (non-hydrogen) atoms. The lowest BCUT2D eigenvalue weighted by Crippen LogP contribution is -1.97. The highest BCUT2D eigenvalue weighted by Crippen LogP contribution is 2.37. The molecule has 126 valence electrons. The van der Waals surface area contributed by atoms with Gasteiger partial charge in [-0.3, -0.25) is 0 Å². The minimum atomic E-state index is -0.771. The first-order valence-corrected chi connectivity index (χ1v) is 8.09. The van der Waals surface area contributed by atoms with Crippen molar-refractivity contribution in [3.05, 3.63) is 71.3 Å². The van der Waals surface area contributed by atoms with E-state index < -0.39 is 20.0 Å². The Kier molecular flexibility index (Phi) is 3.96. The van der Waals surface area contributed by atoms with Gasteiger partial charge in [-0.1, -0.05) is 36.4 Å². The first kappa shape index (κ1) is 15.8. The number of rotatable bonds is 4. The van der Waals surface area contributed by atoms with Gasteiger partial charge >= 0.3 is 0 Å². The lowest BCUT2D eigenvalue weighted by atomic mass is 9.92. The van der Waals surface area contributed by atoms with Gasteiger partial charge in [-0.05, 0) is 40.5 Å². The largest absolute Gasteiger partial charge is 0.354 e. The third-order valence-corrected chi connectivity index (χ3v) is 4.61. The molecule has 0 atom stereocenters. The van der Waals surface area contributed by atoms with E-state index in [2.05, 4.69) is 4.98 Å². The summed E-state index contributed by atoms with van der Waals surface area (Å²) < 4.78 is 40.3. The van der Waals surface area contributed by atoms with Gasteiger partial charge in [0.15, 0.2) is 0 Å². The van der Waals surface area contributed by atoms with Crippen molar-refractivity contribution >= 4 is 21.8 Å². The van der Waals surface area contributed by atoms with Gasteiger partial charge in [0, 0.05) is 21.9 Å². The van der Waals surface area contributed by atoms with Crippen LogP contribution in [0, 0.1) is 0 Å². The van der Waals surface area contributed by atoms with Crippen LogP contribution in [0.3, 0.4) is 0 Å². The SMILES string of the molecule is FCc1cc(CF)c(-c2cccc3c2[nH]c2ccccc23)c(CF)c1. The Morgan fingerprint density at radius 2 is 1.40 bits per heavy atom. The van der Waals surface area contributed by atoms with Crippen molar-refractivity contribution in [1.82, 2.24) is 4.98 Å². The number of alkyl halides is 3. The molecule has 3 aromatic carbocycles. The highest BCUT2D eigenvalue weighted by Gasteiger charge is 2.17. The number of aromatic nitrogens is 1. The highest BCUT2D eigenvalue weighted by molar-refractivity contribution is 6.12. The van der Waals surface area contributed by atoms with Gasteiger partial charge in [-0.25, -0.2) is 13.2 Å². The van der Waals surface area contributed by atoms with E-state index in [1.165, 1.54) is 12.1 Å². The number of para-hydroxylation sites is 2. The van der Waals surface area contributed by atoms with Crippen LogP contribution in [-0.4, -0.2) is 4.98 Å². The maximum absolute atomic E-state index is 13.7. The average Bonchev–Trinajstić information content (AvgIpc) is 3.05. The summed E-state index contributed by atoms with van der Waals surface area (Å²) in [5.41, 5.74) is 3.98. The van der Waals surface area contributed by atoms with Crippen LogP contribution in [0.15, 0.2) is 54.6 Å². The van der Waals surface area contributed by atoms with E-state index in [-0.39, 0.29) is 0 Å². The van der Waals surface area contributed by atoms with Crippen LogP contribution in [0.4, 0.5) is 13.2 Å². The third-order valence-electron chi connectivity index (χ3n) is 4.61. The summed E-state index contributed by atoms with van der Waals surface area (Å²) in [7, 11) is 0. The Balaban J connectivity index is 2.08. The van der Waals surface area contributed by atoms with Crippen molar-refractivity contribution in [3.63, 3.8) is 0 Å². The molecule has 4 rings (SSSR count). The fraction of sp³-hybridized carbons (Fsp3) is 0.143. The molecule has 4 aromatic rings. The second kappa shape index (κ2) is 6.28. The fourth-order valence-electron chi connectivity index (χ4n) is 3.56. The summed E-state index contributed by atoms with van der Waals surface area (Å²) >= 11 is 0. The highest BCUT2D eigenvalue weighted by atomic mass is 19.1. The van der Waals surface area contributed by atoms with E-state index in [1.54, 1.807) is 0 Å². The Morgan fingerprint density at radius 1 is 0.720 bits per heavy atom. The molecule has 0 fully saturated rings. The Labute approximate surface area is 143 Å². The fourth-order valence-corrected chi connectivity index (χ4v) is 3.56. The van der Waals surface area contributed by atoms with Gasteiger partial charge < -0.3 is 4.98 Å². The topological polar surface area (TPSA) is 15.8 Å². The van der Waals surface area contributed by atoms with Gasteiger partial charge in [-0.2, -0.15) is 0 Å². The van der Waals surface area contributed by atoms with E-state index in [9.17, 15) is 13.2 Å². The smallest absolute Gasteiger partial charge is 0.115 e. The molecule has 0 aliphatic heterocycles. The number of halogens is 3. The maximum atomic E-state index is 13.7. The number of H-pyrrole nitrogens is 1. The van der Waals surface area contributed by atoms with Gasteiger partial charge in [0.1, 0.15) is 20.0 Å². The van der Waals surface area contributed by atoms with Crippen LogP contribution in [0.1, 0.15) is 16.7 Å². The van der Waals surface area contributed by atoms with Crippen LogP contribution in [0.25, 0.3) is 32.9 Å². The standard InChI is InChI=1S/C21H16F3N/c22-10-13-8-14(11-23)20(15(9-13)12-24)18-6-3-5-17-16-4-1-2-7-19(16)25-21(17)18/h1-9,25H,10-12H2. The number of hydrogen-bond donors (Lipinski definition) is 1.